The van der Waals surface area contributed by atoms with Gasteiger partial charge < -0.3 is 15.0 Å². The Morgan fingerprint density at radius 2 is 2.00 bits per heavy atom. The van der Waals surface area contributed by atoms with E-state index in [2.05, 4.69) is 5.32 Å². The summed E-state index contributed by atoms with van der Waals surface area (Å²) in [6.07, 6.45) is -5.60. The summed E-state index contributed by atoms with van der Waals surface area (Å²) in [6, 6.07) is 7.29. The predicted octanol–water partition coefficient (Wildman–Crippen LogP) is 3.44. The fourth-order valence-electron chi connectivity index (χ4n) is 2.47. The van der Waals surface area contributed by atoms with Gasteiger partial charge in [0.05, 0.1) is 11.4 Å². The van der Waals surface area contributed by atoms with Crippen LogP contribution < -0.4 is 10.2 Å². The number of fused-ring (bicyclic) bond motifs is 1. The van der Waals surface area contributed by atoms with Gasteiger partial charge >= 0.3 is 6.18 Å². The minimum Gasteiger partial charge on any atom is -0.379 e. The molecule has 1 N–H and O–H groups in total. The molecule has 2 atom stereocenters. The van der Waals surface area contributed by atoms with Crippen LogP contribution in [0, 0.1) is 5.92 Å². The fourth-order valence-corrected chi connectivity index (χ4v) is 2.47. The summed E-state index contributed by atoms with van der Waals surface area (Å²) in [5.74, 6) is -0.195. The van der Waals surface area contributed by atoms with Gasteiger partial charge in [0.2, 0.25) is 0 Å². The van der Waals surface area contributed by atoms with E-state index in [-0.39, 0.29) is 12.0 Å². The molecule has 0 saturated heterocycles. The molecule has 1 aromatic carbocycles. The van der Waals surface area contributed by atoms with E-state index in [4.69, 9.17) is 4.74 Å². The topological polar surface area (TPSA) is 41.6 Å². The van der Waals surface area contributed by atoms with E-state index in [1.165, 1.54) is 11.8 Å². The van der Waals surface area contributed by atoms with Crippen LogP contribution in [0.15, 0.2) is 24.3 Å². The smallest absolute Gasteiger partial charge is 0.379 e. The zero-order chi connectivity index (χ0) is 17.2. The number of amides is 1. The summed E-state index contributed by atoms with van der Waals surface area (Å²) in [5.41, 5.74) is 1.46. The van der Waals surface area contributed by atoms with E-state index < -0.39 is 24.8 Å². The number of carbonyl (C=O) groups excluding carboxylic acids is 1. The van der Waals surface area contributed by atoms with Gasteiger partial charge in [-0.1, -0.05) is 26.0 Å². The van der Waals surface area contributed by atoms with Gasteiger partial charge in [-0.3, -0.25) is 4.79 Å². The average molecular weight is 330 g/mol. The molecule has 0 bridgehead atoms. The molecule has 1 aliphatic rings. The van der Waals surface area contributed by atoms with Crippen molar-refractivity contribution in [3.63, 3.8) is 0 Å². The number of anilines is 2. The Balaban J connectivity index is 2.18. The molecule has 0 aliphatic carbocycles. The largest absolute Gasteiger partial charge is 0.411 e. The molecule has 0 spiro atoms. The van der Waals surface area contributed by atoms with E-state index in [0.29, 0.717) is 12.2 Å². The molecule has 0 fully saturated rings. The number of hydrogen-bond donors (Lipinski definition) is 1. The maximum atomic E-state index is 12.6. The first kappa shape index (κ1) is 17.6. The molecule has 128 valence electrons. The Hall–Kier alpha value is -1.76. The van der Waals surface area contributed by atoms with Crippen LogP contribution in [0.5, 0.6) is 0 Å². The van der Waals surface area contributed by atoms with Crippen LogP contribution in [-0.2, 0) is 9.53 Å². The summed E-state index contributed by atoms with van der Waals surface area (Å²) < 4.78 is 41.5. The van der Waals surface area contributed by atoms with Crippen LogP contribution in [0.4, 0.5) is 24.5 Å². The van der Waals surface area contributed by atoms with E-state index in [9.17, 15) is 18.0 Å². The third kappa shape index (κ3) is 4.37. The van der Waals surface area contributed by atoms with Gasteiger partial charge in [0, 0.05) is 12.6 Å². The number of ether oxygens (including phenoxy) is 1. The Morgan fingerprint density at radius 3 is 2.61 bits per heavy atom. The van der Waals surface area contributed by atoms with Crippen molar-refractivity contribution < 1.29 is 22.7 Å². The molecule has 1 aromatic rings. The highest BCUT2D eigenvalue weighted by Gasteiger charge is 2.34. The molecule has 0 radical (unpaired) electrons. The maximum Gasteiger partial charge on any atom is 0.411 e. The van der Waals surface area contributed by atoms with Crippen molar-refractivity contribution in [3.8, 4) is 0 Å². The van der Waals surface area contributed by atoms with E-state index in [1.54, 1.807) is 12.1 Å². The number of para-hydroxylation sites is 2. The lowest BCUT2D eigenvalue weighted by Crippen LogP contribution is -2.50. The molecular weight excluding hydrogens is 309 g/mol. The van der Waals surface area contributed by atoms with E-state index in [0.717, 1.165) is 5.69 Å². The van der Waals surface area contributed by atoms with Crippen molar-refractivity contribution in [2.45, 2.75) is 39.1 Å². The summed E-state index contributed by atoms with van der Waals surface area (Å²) in [7, 11) is 0. The lowest BCUT2D eigenvalue weighted by Gasteiger charge is -2.38. The molecule has 0 unspecified atom stereocenters. The van der Waals surface area contributed by atoms with Crippen molar-refractivity contribution in [2.75, 3.05) is 23.4 Å². The van der Waals surface area contributed by atoms with E-state index >= 15 is 0 Å². The Bertz CT molecular complexity index is 561. The third-order valence-electron chi connectivity index (χ3n) is 3.83. The molecule has 2 rings (SSSR count). The number of halogens is 3. The van der Waals surface area contributed by atoms with E-state index in [1.807, 2.05) is 26.0 Å². The number of rotatable bonds is 4. The van der Waals surface area contributed by atoms with Crippen molar-refractivity contribution in [1.29, 1.82) is 0 Å². The summed E-state index contributed by atoms with van der Waals surface area (Å²) in [5, 5.41) is 3.36. The second kappa shape index (κ2) is 6.78. The van der Waals surface area contributed by atoms with Crippen molar-refractivity contribution in [1.82, 2.24) is 0 Å². The zero-order valence-electron chi connectivity index (χ0n) is 13.4. The molecule has 1 amide bonds. The summed E-state index contributed by atoms with van der Waals surface area (Å²) >= 11 is 0. The Labute approximate surface area is 133 Å². The zero-order valence-corrected chi connectivity index (χ0v) is 13.4. The van der Waals surface area contributed by atoms with Crippen LogP contribution in [0.25, 0.3) is 0 Å². The van der Waals surface area contributed by atoms with Crippen LogP contribution in [0.1, 0.15) is 20.8 Å². The second-order valence-corrected chi connectivity index (χ2v) is 6.03. The first-order valence-electron chi connectivity index (χ1n) is 7.54. The first-order chi connectivity index (χ1) is 10.7. The number of nitrogens with one attached hydrogen (secondary N) is 1. The van der Waals surface area contributed by atoms with Gasteiger partial charge in [0.25, 0.3) is 5.91 Å². The van der Waals surface area contributed by atoms with Gasteiger partial charge in [0.1, 0.15) is 12.7 Å². The summed E-state index contributed by atoms with van der Waals surface area (Å²) in [4.78, 5) is 14.1. The molecule has 1 heterocycles. The normalized spacial score (nSPS) is 19.3. The van der Waals surface area contributed by atoms with Gasteiger partial charge in [-0.05, 0) is 25.0 Å². The molecule has 1 aliphatic heterocycles. The quantitative estimate of drug-likeness (QED) is 0.919. The van der Waals surface area contributed by atoms with Crippen molar-refractivity contribution in [2.24, 2.45) is 5.92 Å². The van der Waals surface area contributed by atoms with Gasteiger partial charge in [-0.15, -0.1) is 0 Å². The standard InChI is InChI=1S/C16H21F3N2O2/c1-10(2)13-8-21(14-7-5-4-6-12(14)20-13)15(22)11(3)23-9-16(17,18)19/h4-7,10-11,13,20H,8-9H2,1-3H3/t11-,13+/m1/s1. The molecule has 0 aromatic heterocycles. The third-order valence-corrected chi connectivity index (χ3v) is 3.83. The highest BCUT2D eigenvalue weighted by molar-refractivity contribution is 6.00. The molecule has 23 heavy (non-hydrogen) atoms. The van der Waals surface area contributed by atoms with Crippen LogP contribution in [0.2, 0.25) is 0 Å². The first-order valence-corrected chi connectivity index (χ1v) is 7.54. The number of hydrogen-bond acceptors (Lipinski definition) is 3. The monoisotopic (exact) mass is 330 g/mol. The Morgan fingerprint density at radius 1 is 1.35 bits per heavy atom. The van der Waals surface area contributed by atoms with Gasteiger partial charge in [0.15, 0.2) is 0 Å². The summed E-state index contributed by atoms with van der Waals surface area (Å²) in [6.45, 7) is 4.37. The maximum absolute atomic E-state index is 12.6. The molecule has 0 saturated carbocycles. The van der Waals surface area contributed by atoms with Crippen molar-refractivity contribution >= 4 is 17.3 Å². The number of carbonyl (C=O) groups is 1. The minimum atomic E-state index is -4.45. The number of nitrogens with zero attached hydrogens (tertiary/aromatic N) is 1. The molecular formula is C16H21F3N2O2. The van der Waals surface area contributed by atoms with Gasteiger partial charge in [-0.25, -0.2) is 0 Å². The number of alkyl halides is 3. The van der Waals surface area contributed by atoms with Crippen LogP contribution >= 0.6 is 0 Å². The predicted molar refractivity (Wildman–Crippen MR) is 82.5 cm³/mol. The molecule has 4 nitrogen and oxygen atoms in total. The fraction of sp³-hybridized carbons (Fsp3) is 0.562. The highest BCUT2D eigenvalue weighted by Crippen LogP contribution is 2.33. The SMILES string of the molecule is CC(C)[C@@H]1CN(C(=O)[C@@H](C)OCC(F)(F)F)c2ccccc2N1. The van der Waals surface area contributed by atoms with Crippen LogP contribution in [-0.4, -0.2) is 37.4 Å². The number of benzene rings is 1. The highest BCUT2D eigenvalue weighted by atomic mass is 19.4. The van der Waals surface area contributed by atoms with Crippen molar-refractivity contribution in [3.05, 3.63) is 24.3 Å². The van der Waals surface area contributed by atoms with Crippen LogP contribution in [0.3, 0.4) is 0 Å². The molecule has 7 heteroatoms. The lowest BCUT2D eigenvalue weighted by molar-refractivity contribution is -0.185. The van der Waals surface area contributed by atoms with Gasteiger partial charge in [-0.2, -0.15) is 13.2 Å². The average Bonchev–Trinajstić information content (AvgIpc) is 2.50. The second-order valence-electron chi connectivity index (χ2n) is 6.03. The Kier molecular flexibility index (Phi) is 5.19. The minimum absolute atomic E-state index is 0.0312. The lowest BCUT2D eigenvalue weighted by atomic mass is 9.99.